The van der Waals surface area contributed by atoms with Gasteiger partial charge in [0.05, 0.1) is 6.04 Å². The molecule has 2 aromatic rings. The first-order valence-corrected chi connectivity index (χ1v) is 9.66. The first-order valence-electron chi connectivity index (χ1n) is 9.66. The Kier molecular flexibility index (Phi) is 6.34. The minimum Gasteiger partial charge on any atom is -0.378 e. The third kappa shape index (κ3) is 4.93. The third-order valence-corrected chi connectivity index (χ3v) is 5.25. The van der Waals surface area contributed by atoms with Gasteiger partial charge in [-0.3, -0.25) is 9.59 Å². The van der Waals surface area contributed by atoms with Gasteiger partial charge in [-0.15, -0.1) is 0 Å². The molecule has 1 heterocycles. The number of hydrogen-bond acceptors (Lipinski definition) is 3. The molecule has 0 radical (unpaired) electrons. The van der Waals surface area contributed by atoms with Crippen molar-refractivity contribution in [3.8, 4) is 0 Å². The van der Waals surface area contributed by atoms with Crippen molar-refractivity contribution >= 4 is 17.5 Å². The number of nitrogens with one attached hydrogen (secondary N) is 2. The van der Waals surface area contributed by atoms with E-state index in [1.807, 2.05) is 78.9 Å². The van der Waals surface area contributed by atoms with Crippen molar-refractivity contribution in [1.29, 1.82) is 0 Å². The SMILES string of the molecule is CN(C)c1ccc(C(NC(=O)C2CCC(C(F)(F)F)NC2=O)c2ccccc2)cc1. The number of anilines is 1. The summed E-state index contributed by atoms with van der Waals surface area (Å²) in [5.41, 5.74) is 2.61. The second-order valence-corrected chi connectivity index (χ2v) is 7.57. The van der Waals surface area contributed by atoms with Gasteiger partial charge in [0.15, 0.2) is 0 Å². The van der Waals surface area contributed by atoms with E-state index in [4.69, 9.17) is 0 Å². The first kappa shape index (κ1) is 21.7. The molecule has 1 saturated heterocycles. The zero-order chi connectivity index (χ0) is 21.9. The second kappa shape index (κ2) is 8.77. The van der Waals surface area contributed by atoms with Crippen LogP contribution in [0.4, 0.5) is 18.9 Å². The molecule has 5 nitrogen and oxygen atoms in total. The van der Waals surface area contributed by atoms with E-state index in [1.165, 1.54) is 0 Å². The Morgan fingerprint density at radius 3 is 2.17 bits per heavy atom. The molecule has 0 aromatic heterocycles. The van der Waals surface area contributed by atoms with Gasteiger partial charge in [-0.2, -0.15) is 13.2 Å². The number of benzene rings is 2. The van der Waals surface area contributed by atoms with Crippen LogP contribution in [0.15, 0.2) is 54.6 Å². The number of hydrogen-bond donors (Lipinski definition) is 2. The molecule has 30 heavy (non-hydrogen) atoms. The summed E-state index contributed by atoms with van der Waals surface area (Å²) in [6.07, 6.45) is -4.98. The third-order valence-electron chi connectivity index (χ3n) is 5.25. The van der Waals surface area contributed by atoms with Crippen LogP contribution in [-0.2, 0) is 9.59 Å². The van der Waals surface area contributed by atoms with E-state index in [0.717, 1.165) is 16.8 Å². The lowest BCUT2D eigenvalue weighted by atomic mass is 9.91. The molecule has 160 valence electrons. The normalized spacial score (nSPS) is 20.2. The lowest BCUT2D eigenvalue weighted by Gasteiger charge is -2.31. The van der Waals surface area contributed by atoms with E-state index < -0.39 is 36.0 Å². The van der Waals surface area contributed by atoms with Gasteiger partial charge in [0, 0.05) is 19.8 Å². The summed E-state index contributed by atoms with van der Waals surface area (Å²) >= 11 is 0. The highest BCUT2D eigenvalue weighted by molar-refractivity contribution is 6.01. The fraction of sp³-hybridized carbons (Fsp3) is 0.364. The molecule has 0 saturated carbocycles. The summed E-state index contributed by atoms with van der Waals surface area (Å²) in [6.45, 7) is 0. The van der Waals surface area contributed by atoms with Gasteiger partial charge in [-0.1, -0.05) is 42.5 Å². The van der Waals surface area contributed by atoms with E-state index in [2.05, 4.69) is 5.32 Å². The summed E-state index contributed by atoms with van der Waals surface area (Å²) in [5, 5.41) is 4.79. The monoisotopic (exact) mass is 419 g/mol. The molecule has 3 rings (SSSR count). The van der Waals surface area contributed by atoms with Crippen molar-refractivity contribution in [1.82, 2.24) is 10.6 Å². The van der Waals surface area contributed by atoms with E-state index >= 15 is 0 Å². The highest BCUT2D eigenvalue weighted by Crippen LogP contribution is 2.30. The number of nitrogens with zero attached hydrogens (tertiary/aromatic N) is 1. The number of halogens is 3. The van der Waals surface area contributed by atoms with Crippen molar-refractivity contribution in [2.45, 2.75) is 31.1 Å². The molecule has 2 aromatic carbocycles. The quantitative estimate of drug-likeness (QED) is 0.731. The van der Waals surface area contributed by atoms with Crippen molar-refractivity contribution < 1.29 is 22.8 Å². The molecule has 3 atom stereocenters. The van der Waals surface area contributed by atoms with Crippen LogP contribution < -0.4 is 15.5 Å². The number of alkyl halides is 3. The standard InChI is InChI=1S/C22H24F3N3O2/c1-28(2)16-10-8-15(9-11-16)19(14-6-4-3-5-7-14)27-21(30)17-12-13-18(22(23,24)25)26-20(17)29/h3-11,17-19H,12-13H2,1-2H3,(H,26,29)(H,27,30). The van der Waals surface area contributed by atoms with E-state index in [9.17, 15) is 22.8 Å². The smallest absolute Gasteiger partial charge is 0.378 e. The van der Waals surface area contributed by atoms with Crippen LogP contribution in [0.2, 0.25) is 0 Å². The number of amides is 2. The summed E-state index contributed by atoms with van der Waals surface area (Å²) in [7, 11) is 3.84. The molecule has 3 unspecified atom stereocenters. The van der Waals surface area contributed by atoms with E-state index in [0.29, 0.717) is 0 Å². The summed E-state index contributed by atoms with van der Waals surface area (Å²) in [4.78, 5) is 27.0. The summed E-state index contributed by atoms with van der Waals surface area (Å²) in [6, 6.07) is 14.4. The van der Waals surface area contributed by atoms with Crippen molar-refractivity contribution in [3.05, 3.63) is 65.7 Å². The Morgan fingerprint density at radius 1 is 1.03 bits per heavy atom. The number of piperidine rings is 1. The minimum atomic E-state index is -4.52. The maximum absolute atomic E-state index is 12.9. The maximum atomic E-state index is 12.9. The van der Waals surface area contributed by atoms with Crippen LogP contribution >= 0.6 is 0 Å². The molecule has 1 aliphatic rings. The van der Waals surface area contributed by atoms with Crippen LogP contribution in [0, 0.1) is 5.92 Å². The topological polar surface area (TPSA) is 61.4 Å². The van der Waals surface area contributed by atoms with Crippen LogP contribution in [0.5, 0.6) is 0 Å². The molecule has 2 amide bonds. The molecule has 1 fully saturated rings. The largest absolute Gasteiger partial charge is 0.408 e. The molecule has 0 spiro atoms. The predicted octanol–water partition coefficient (Wildman–Crippen LogP) is 3.42. The minimum absolute atomic E-state index is 0.150. The zero-order valence-electron chi connectivity index (χ0n) is 16.7. The Labute approximate surface area is 173 Å². The molecule has 0 aliphatic carbocycles. The van der Waals surface area contributed by atoms with E-state index in [1.54, 1.807) is 0 Å². The Balaban J connectivity index is 1.80. The van der Waals surface area contributed by atoms with Gasteiger partial charge < -0.3 is 15.5 Å². The predicted molar refractivity (Wildman–Crippen MR) is 108 cm³/mol. The average Bonchev–Trinajstić information content (AvgIpc) is 2.72. The Hall–Kier alpha value is -3.03. The van der Waals surface area contributed by atoms with Gasteiger partial charge >= 0.3 is 6.18 Å². The molecule has 0 bridgehead atoms. The second-order valence-electron chi connectivity index (χ2n) is 7.57. The van der Waals surface area contributed by atoms with Gasteiger partial charge in [-0.05, 0) is 36.1 Å². The zero-order valence-corrected chi connectivity index (χ0v) is 16.7. The van der Waals surface area contributed by atoms with Gasteiger partial charge in [0.1, 0.15) is 12.0 Å². The molecular formula is C22H24F3N3O2. The Bertz CT molecular complexity index is 883. The number of carbonyl (C=O) groups excluding carboxylic acids is 2. The maximum Gasteiger partial charge on any atom is 0.408 e. The van der Waals surface area contributed by atoms with E-state index in [-0.39, 0.29) is 12.8 Å². The highest BCUT2D eigenvalue weighted by atomic mass is 19.4. The molecule has 1 aliphatic heterocycles. The van der Waals surface area contributed by atoms with Gasteiger partial charge in [0.25, 0.3) is 0 Å². The molecule has 2 N–H and O–H groups in total. The van der Waals surface area contributed by atoms with Crippen LogP contribution in [0.3, 0.4) is 0 Å². The van der Waals surface area contributed by atoms with Crippen LogP contribution in [-0.4, -0.2) is 38.1 Å². The number of rotatable bonds is 5. The highest BCUT2D eigenvalue weighted by Gasteiger charge is 2.46. The van der Waals surface area contributed by atoms with Crippen LogP contribution in [0.1, 0.15) is 30.0 Å². The Morgan fingerprint density at radius 2 is 1.63 bits per heavy atom. The fourth-order valence-corrected chi connectivity index (χ4v) is 3.52. The molecule has 8 heteroatoms. The van der Waals surface area contributed by atoms with Crippen LogP contribution in [0.25, 0.3) is 0 Å². The lowest BCUT2D eigenvalue weighted by molar-refractivity contribution is -0.171. The average molecular weight is 419 g/mol. The molecular weight excluding hydrogens is 395 g/mol. The van der Waals surface area contributed by atoms with Crippen molar-refractivity contribution in [2.75, 3.05) is 19.0 Å². The van der Waals surface area contributed by atoms with Gasteiger partial charge in [0.2, 0.25) is 11.8 Å². The first-order chi connectivity index (χ1) is 14.2. The summed E-state index contributed by atoms with van der Waals surface area (Å²) in [5.74, 6) is -2.63. The lowest BCUT2D eigenvalue weighted by Crippen LogP contribution is -2.54. The summed E-state index contributed by atoms with van der Waals surface area (Å²) < 4.78 is 38.6. The van der Waals surface area contributed by atoms with Crippen molar-refractivity contribution in [3.63, 3.8) is 0 Å². The fourth-order valence-electron chi connectivity index (χ4n) is 3.52. The van der Waals surface area contributed by atoms with Crippen molar-refractivity contribution in [2.24, 2.45) is 5.92 Å². The van der Waals surface area contributed by atoms with Gasteiger partial charge in [-0.25, -0.2) is 0 Å². The number of carbonyl (C=O) groups is 2.